The smallest absolute Gasteiger partial charge is 0.228 e. The molecule has 5 heteroatoms. The number of carbonyl (C=O) groups is 1. The Labute approximate surface area is 140 Å². The maximum atomic E-state index is 12.5. The number of aromatic nitrogens is 1. The van der Waals surface area contributed by atoms with Crippen molar-refractivity contribution < 1.29 is 13.7 Å². The third-order valence-corrected chi connectivity index (χ3v) is 4.75. The number of likely N-dealkylation sites (N-methyl/N-ethyl adjacent to an activating group) is 1. The van der Waals surface area contributed by atoms with Gasteiger partial charge in [0, 0.05) is 18.4 Å². The zero-order valence-corrected chi connectivity index (χ0v) is 13.9. The molecular formula is C19H20N2O3. The van der Waals surface area contributed by atoms with Crippen molar-refractivity contribution in [2.24, 2.45) is 5.92 Å². The number of para-hydroxylation sites is 1. The van der Waals surface area contributed by atoms with Crippen LogP contribution in [-0.4, -0.2) is 23.0 Å². The fraction of sp³-hybridized carbons (Fsp3) is 0.368. The Morgan fingerprint density at radius 1 is 1.29 bits per heavy atom. The molecule has 0 radical (unpaired) electrons. The highest BCUT2D eigenvalue weighted by atomic mass is 16.5. The van der Waals surface area contributed by atoms with Gasteiger partial charge in [-0.3, -0.25) is 4.79 Å². The summed E-state index contributed by atoms with van der Waals surface area (Å²) in [6, 6.07) is 11.6. The van der Waals surface area contributed by atoms with Gasteiger partial charge in [-0.25, -0.2) is 0 Å². The van der Waals surface area contributed by atoms with Crippen LogP contribution < -0.4 is 0 Å². The van der Waals surface area contributed by atoms with E-state index in [9.17, 15) is 4.79 Å². The summed E-state index contributed by atoms with van der Waals surface area (Å²) in [5, 5.41) is 4.91. The molecule has 1 amide bonds. The van der Waals surface area contributed by atoms with Crippen LogP contribution in [-0.2, 0) is 17.8 Å². The van der Waals surface area contributed by atoms with Crippen molar-refractivity contribution in [1.29, 1.82) is 0 Å². The van der Waals surface area contributed by atoms with E-state index in [-0.39, 0.29) is 12.3 Å². The van der Waals surface area contributed by atoms with Gasteiger partial charge in [-0.05, 0) is 36.6 Å². The predicted octanol–water partition coefficient (Wildman–Crippen LogP) is 3.75. The Morgan fingerprint density at radius 3 is 2.88 bits per heavy atom. The molecule has 2 heterocycles. The summed E-state index contributed by atoms with van der Waals surface area (Å²) in [5.74, 6) is 3.13. The summed E-state index contributed by atoms with van der Waals surface area (Å²) in [6.45, 7) is 2.69. The second-order valence-corrected chi connectivity index (χ2v) is 6.68. The lowest BCUT2D eigenvalue weighted by Gasteiger charge is -2.15. The van der Waals surface area contributed by atoms with Gasteiger partial charge >= 0.3 is 0 Å². The molecule has 124 valence electrons. The van der Waals surface area contributed by atoms with Crippen LogP contribution in [0.1, 0.15) is 36.5 Å². The average Bonchev–Trinajstić information content (AvgIpc) is 2.99. The predicted molar refractivity (Wildman–Crippen MR) is 89.4 cm³/mol. The third kappa shape index (κ3) is 2.82. The molecule has 1 saturated carbocycles. The average molecular weight is 324 g/mol. The van der Waals surface area contributed by atoms with Crippen molar-refractivity contribution in [2.75, 3.05) is 7.05 Å². The lowest BCUT2D eigenvalue weighted by Crippen LogP contribution is -2.27. The Hall–Kier alpha value is -2.56. The summed E-state index contributed by atoms with van der Waals surface area (Å²) < 4.78 is 11.1. The number of hydrogen-bond donors (Lipinski definition) is 0. The van der Waals surface area contributed by atoms with E-state index in [1.165, 1.54) is 6.42 Å². The van der Waals surface area contributed by atoms with Gasteiger partial charge in [0.2, 0.25) is 5.91 Å². The van der Waals surface area contributed by atoms with Gasteiger partial charge in [0.05, 0.1) is 13.0 Å². The first-order chi connectivity index (χ1) is 11.6. The second kappa shape index (κ2) is 5.82. The number of carbonyl (C=O) groups excluding carboxylic acids is 1. The molecule has 0 bridgehead atoms. The topological polar surface area (TPSA) is 59.5 Å². The van der Waals surface area contributed by atoms with E-state index in [0.717, 1.165) is 16.9 Å². The highest BCUT2D eigenvalue weighted by Crippen LogP contribution is 2.47. The van der Waals surface area contributed by atoms with Crippen LogP contribution in [0.25, 0.3) is 11.0 Å². The van der Waals surface area contributed by atoms with Crippen molar-refractivity contribution in [3.8, 4) is 0 Å². The fourth-order valence-electron chi connectivity index (χ4n) is 3.06. The first kappa shape index (κ1) is 15.0. The van der Waals surface area contributed by atoms with E-state index in [2.05, 4.69) is 12.1 Å². The molecule has 1 aliphatic carbocycles. The minimum Gasteiger partial charge on any atom is -0.464 e. The second-order valence-electron chi connectivity index (χ2n) is 6.68. The lowest BCUT2D eigenvalue weighted by atomic mass is 10.1. The fourth-order valence-corrected chi connectivity index (χ4v) is 3.06. The van der Waals surface area contributed by atoms with E-state index in [1.807, 2.05) is 36.4 Å². The quantitative estimate of drug-likeness (QED) is 0.717. The molecule has 2 atom stereocenters. The van der Waals surface area contributed by atoms with Crippen LogP contribution >= 0.6 is 0 Å². The molecule has 1 aliphatic rings. The SMILES string of the molecule is CC1CC1c1ccc(CN(C)C(=O)Cc2noc3ccccc23)o1. The number of amides is 1. The minimum absolute atomic E-state index is 0.00760. The first-order valence-electron chi connectivity index (χ1n) is 8.27. The van der Waals surface area contributed by atoms with E-state index in [0.29, 0.717) is 29.7 Å². The van der Waals surface area contributed by atoms with E-state index >= 15 is 0 Å². The van der Waals surface area contributed by atoms with Gasteiger partial charge in [-0.2, -0.15) is 0 Å². The summed E-state index contributed by atoms with van der Waals surface area (Å²) in [7, 11) is 1.78. The minimum atomic E-state index is -0.00760. The molecule has 2 aromatic heterocycles. The van der Waals surface area contributed by atoms with E-state index < -0.39 is 0 Å². The molecule has 0 spiro atoms. The number of furan rings is 1. The van der Waals surface area contributed by atoms with Gasteiger partial charge in [0.25, 0.3) is 0 Å². The standard InChI is InChI=1S/C19H20N2O3/c1-12-9-15(12)17-8-7-13(23-17)11-21(2)19(22)10-16-14-5-3-4-6-18(14)24-20-16/h3-8,12,15H,9-11H2,1-2H3. The van der Waals surface area contributed by atoms with Gasteiger partial charge in [0.1, 0.15) is 17.2 Å². The molecule has 4 rings (SSSR count). The molecule has 1 aromatic carbocycles. The first-order valence-corrected chi connectivity index (χ1v) is 8.27. The molecule has 2 unspecified atom stereocenters. The Balaban J connectivity index is 1.41. The maximum Gasteiger partial charge on any atom is 0.228 e. The van der Waals surface area contributed by atoms with Crippen LogP contribution in [0.4, 0.5) is 0 Å². The van der Waals surface area contributed by atoms with Crippen LogP contribution in [0, 0.1) is 5.92 Å². The van der Waals surface area contributed by atoms with Crippen LogP contribution in [0.2, 0.25) is 0 Å². The summed E-state index contributed by atoms with van der Waals surface area (Å²) in [4.78, 5) is 14.1. The van der Waals surface area contributed by atoms with Crippen LogP contribution in [0.5, 0.6) is 0 Å². The number of rotatable bonds is 5. The van der Waals surface area contributed by atoms with Crippen molar-refractivity contribution in [2.45, 2.75) is 32.2 Å². The van der Waals surface area contributed by atoms with Crippen LogP contribution in [0.3, 0.4) is 0 Å². The van der Waals surface area contributed by atoms with Crippen molar-refractivity contribution >= 4 is 16.9 Å². The highest BCUT2D eigenvalue weighted by molar-refractivity contribution is 5.86. The largest absolute Gasteiger partial charge is 0.464 e. The molecule has 24 heavy (non-hydrogen) atoms. The summed E-state index contributed by atoms with van der Waals surface area (Å²) in [5.41, 5.74) is 1.38. The third-order valence-electron chi connectivity index (χ3n) is 4.75. The van der Waals surface area contributed by atoms with Gasteiger partial charge in [-0.15, -0.1) is 0 Å². The highest BCUT2D eigenvalue weighted by Gasteiger charge is 2.36. The van der Waals surface area contributed by atoms with E-state index in [4.69, 9.17) is 8.94 Å². The maximum absolute atomic E-state index is 12.5. The van der Waals surface area contributed by atoms with Gasteiger partial charge < -0.3 is 13.8 Å². The van der Waals surface area contributed by atoms with Gasteiger partial charge in [0.15, 0.2) is 5.58 Å². The van der Waals surface area contributed by atoms with E-state index in [1.54, 1.807) is 11.9 Å². The zero-order valence-electron chi connectivity index (χ0n) is 13.9. The Kier molecular flexibility index (Phi) is 3.63. The number of fused-ring (bicyclic) bond motifs is 1. The summed E-state index contributed by atoms with van der Waals surface area (Å²) in [6.07, 6.45) is 1.42. The summed E-state index contributed by atoms with van der Waals surface area (Å²) >= 11 is 0. The van der Waals surface area contributed by atoms with Crippen LogP contribution in [0.15, 0.2) is 45.3 Å². The molecular weight excluding hydrogens is 304 g/mol. The normalized spacial score (nSPS) is 19.6. The molecule has 0 aliphatic heterocycles. The molecule has 3 aromatic rings. The number of hydrogen-bond acceptors (Lipinski definition) is 4. The molecule has 1 fully saturated rings. The van der Waals surface area contributed by atoms with Crippen molar-refractivity contribution in [3.05, 3.63) is 53.6 Å². The van der Waals surface area contributed by atoms with Gasteiger partial charge in [-0.1, -0.05) is 24.2 Å². The van der Waals surface area contributed by atoms with Crippen molar-refractivity contribution in [3.63, 3.8) is 0 Å². The van der Waals surface area contributed by atoms with Crippen molar-refractivity contribution in [1.82, 2.24) is 10.1 Å². The zero-order chi connectivity index (χ0) is 16.7. The number of benzene rings is 1. The Morgan fingerprint density at radius 2 is 2.08 bits per heavy atom. The molecule has 5 nitrogen and oxygen atoms in total. The number of nitrogens with zero attached hydrogens (tertiary/aromatic N) is 2. The monoisotopic (exact) mass is 324 g/mol. The lowest BCUT2D eigenvalue weighted by molar-refractivity contribution is -0.130. The molecule has 0 saturated heterocycles. The Bertz CT molecular complexity index is 880. The molecule has 0 N–H and O–H groups in total.